The lowest BCUT2D eigenvalue weighted by molar-refractivity contribution is 0.0603. The molecular formula is C18H21Cl2N3O2S. The normalized spacial score (nSPS) is 19.6. The third-order valence-electron chi connectivity index (χ3n) is 4.50. The van der Waals surface area contributed by atoms with Crippen molar-refractivity contribution in [1.82, 2.24) is 10.2 Å². The lowest BCUT2D eigenvalue weighted by atomic mass is 10.0. The van der Waals surface area contributed by atoms with Crippen LogP contribution < -0.4 is 10.6 Å². The first kappa shape index (κ1) is 20.7. The molecule has 0 aliphatic carbocycles. The Labute approximate surface area is 168 Å². The lowest BCUT2D eigenvalue weighted by Crippen LogP contribution is -2.57. The lowest BCUT2D eigenvalue weighted by Gasteiger charge is -2.38. The summed E-state index contributed by atoms with van der Waals surface area (Å²) in [6.07, 6.45) is 0. The number of anilines is 1. The Bertz CT molecular complexity index is 783. The summed E-state index contributed by atoms with van der Waals surface area (Å²) in [5.41, 5.74) is 0.966. The molecule has 0 saturated carbocycles. The van der Waals surface area contributed by atoms with Crippen molar-refractivity contribution in [3.05, 3.63) is 51.2 Å². The van der Waals surface area contributed by atoms with Crippen molar-refractivity contribution in [1.29, 1.82) is 0 Å². The molecule has 2 heterocycles. The molecule has 2 aromatic rings. The second-order valence-corrected chi connectivity index (χ2v) is 7.46. The van der Waals surface area contributed by atoms with Crippen LogP contribution in [-0.2, 0) is 0 Å². The third kappa shape index (κ3) is 4.38. The minimum Gasteiger partial charge on any atom is -0.333 e. The summed E-state index contributed by atoms with van der Waals surface area (Å²) in [5.74, 6) is -0.283. The molecule has 1 saturated heterocycles. The van der Waals surface area contributed by atoms with Crippen LogP contribution in [0.1, 0.15) is 33.9 Å². The smallest absolute Gasteiger partial charge is 0.265 e. The molecule has 0 spiro atoms. The Morgan fingerprint density at radius 2 is 2.08 bits per heavy atom. The third-order valence-corrected chi connectivity index (χ3v) is 5.70. The number of benzene rings is 1. The van der Waals surface area contributed by atoms with E-state index >= 15 is 0 Å². The zero-order valence-corrected chi connectivity index (χ0v) is 16.9. The maximum atomic E-state index is 12.9. The van der Waals surface area contributed by atoms with Gasteiger partial charge in [0.1, 0.15) is 0 Å². The van der Waals surface area contributed by atoms with Gasteiger partial charge in [-0.2, -0.15) is 0 Å². The maximum Gasteiger partial charge on any atom is 0.265 e. The van der Waals surface area contributed by atoms with E-state index in [9.17, 15) is 9.59 Å². The largest absolute Gasteiger partial charge is 0.333 e. The van der Waals surface area contributed by atoms with Gasteiger partial charge in [0.2, 0.25) is 0 Å². The van der Waals surface area contributed by atoms with Crippen LogP contribution >= 0.6 is 35.3 Å². The fraction of sp³-hybridized carbons (Fsp3) is 0.333. The van der Waals surface area contributed by atoms with Crippen LogP contribution in [0.4, 0.5) is 5.69 Å². The van der Waals surface area contributed by atoms with Gasteiger partial charge in [0.05, 0.1) is 15.6 Å². The number of rotatable bonds is 3. The van der Waals surface area contributed by atoms with Gasteiger partial charge in [0, 0.05) is 30.7 Å². The highest BCUT2D eigenvalue weighted by atomic mass is 35.5. The number of nitrogens with one attached hydrogen (secondary N) is 2. The number of thiophene rings is 1. The highest BCUT2D eigenvalue weighted by Gasteiger charge is 2.29. The van der Waals surface area contributed by atoms with Crippen molar-refractivity contribution >= 4 is 52.8 Å². The molecule has 2 atom stereocenters. The van der Waals surface area contributed by atoms with Crippen molar-refractivity contribution in [3.8, 4) is 0 Å². The van der Waals surface area contributed by atoms with Gasteiger partial charge in [-0.25, -0.2) is 0 Å². The molecule has 1 fully saturated rings. The van der Waals surface area contributed by atoms with Gasteiger partial charge in [-0.1, -0.05) is 17.7 Å². The molecule has 1 aliphatic heterocycles. The van der Waals surface area contributed by atoms with E-state index in [1.807, 2.05) is 23.3 Å². The first-order valence-electron chi connectivity index (χ1n) is 8.16. The van der Waals surface area contributed by atoms with E-state index < -0.39 is 0 Å². The van der Waals surface area contributed by atoms with Crippen LogP contribution in [0.15, 0.2) is 35.7 Å². The summed E-state index contributed by atoms with van der Waals surface area (Å²) in [6.45, 7) is 5.53. The summed E-state index contributed by atoms with van der Waals surface area (Å²) >= 11 is 7.55. The number of piperazine rings is 1. The summed E-state index contributed by atoms with van der Waals surface area (Å²) in [7, 11) is 0. The standard InChI is InChI=1S/C18H20ClN3O2S.ClH/c1-11-12(2)22(8-7-20-11)18(24)13-5-6-14(19)15(10-13)21-17(23)16-4-3-9-25-16;/h3-6,9-12,20H,7-8H2,1-2H3,(H,21,23);1H. The summed E-state index contributed by atoms with van der Waals surface area (Å²) < 4.78 is 0. The predicted molar refractivity (Wildman–Crippen MR) is 109 cm³/mol. The number of hydrogen-bond donors (Lipinski definition) is 2. The topological polar surface area (TPSA) is 61.4 Å². The van der Waals surface area contributed by atoms with Crippen LogP contribution in [0.3, 0.4) is 0 Å². The molecule has 5 nitrogen and oxygen atoms in total. The monoisotopic (exact) mass is 413 g/mol. The van der Waals surface area contributed by atoms with E-state index in [1.54, 1.807) is 24.3 Å². The van der Waals surface area contributed by atoms with Gasteiger partial charge < -0.3 is 15.5 Å². The molecule has 1 aliphatic rings. The van der Waals surface area contributed by atoms with Crippen LogP contribution in [-0.4, -0.2) is 41.9 Å². The Kier molecular flexibility index (Phi) is 7.06. The molecule has 26 heavy (non-hydrogen) atoms. The van der Waals surface area contributed by atoms with E-state index in [0.717, 1.165) is 6.54 Å². The van der Waals surface area contributed by atoms with Gasteiger partial charge >= 0.3 is 0 Å². The average molecular weight is 414 g/mol. The molecule has 2 unspecified atom stereocenters. The summed E-state index contributed by atoms with van der Waals surface area (Å²) in [4.78, 5) is 27.6. The highest BCUT2D eigenvalue weighted by Crippen LogP contribution is 2.26. The molecule has 3 rings (SSSR count). The minimum atomic E-state index is -0.231. The number of halogens is 2. The SMILES string of the molecule is CC1NCCN(C(=O)c2ccc(Cl)c(NC(=O)c3cccs3)c2)C1C.Cl. The Balaban J connectivity index is 0.00000243. The van der Waals surface area contributed by atoms with E-state index in [1.165, 1.54) is 11.3 Å². The molecule has 1 aromatic heterocycles. The van der Waals surface area contributed by atoms with Gasteiger partial charge in [0.25, 0.3) is 11.8 Å². The number of nitrogens with zero attached hydrogens (tertiary/aromatic N) is 1. The number of hydrogen-bond acceptors (Lipinski definition) is 4. The second-order valence-electron chi connectivity index (χ2n) is 6.11. The molecule has 2 amide bonds. The fourth-order valence-corrected chi connectivity index (χ4v) is 3.64. The summed E-state index contributed by atoms with van der Waals surface area (Å²) in [6, 6.07) is 8.89. The van der Waals surface area contributed by atoms with Gasteiger partial charge in [0.15, 0.2) is 0 Å². The minimum absolute atomic E-state index is 0. The van der Waals surface area contributed by atoms with Crippen LogP contribution in [0.2, 0.25) is 5.02 Å². The molecule has 0 bridgehead atoms. The Morgan fingerprint density at radius 3 is 2.77 bits per heavy atom. The van der Waals surface area contributed by atoms with Crippen molar-refractivity contribution in [2.75, 3.05) is 18.4 Å². The predicted octanol–water partition coefficient (Wildman–Crippen LogP) is 3.90. The van der Waals surface area contributed by atoms with Crippen molar-refractivity contribution in [2.45, 2.75) is 25.9 Å². The number of carbonyl (C=O) groups excluding carboxylic acids is 2. The van der Waals surface area contributed by atoms with Gasteiger partial charge in [-0.15, -0.1) is 23.7 Å². The quantitative estimate of drug-likeness (QED) is 0.801. The van der Waals surface area contributed by atoms with Crippen LogP contribution in [0.5, 0.6) is 0 Å². The van der Waals surface area contributed by atoms with E-state index in [-0.39, 0.29) is 36.3 Å². The highest BCUT2D eigenvalue weighted by molar-refractivity contribution is 7.12. The zero-order valence-electron chi connectivity index (χ0n) is 14.5. The zero-order chi connectivity index (χ0) is 18.0. The molecular weight excluding hydrogens is 393 g/mol. The van der Waals surface area contributed by atoms with E-state index in [4.69, 9.17) is 11.6 Å². The fourth-order valence-electron chi connectivity index (χ4n) is 2.85. The number of amides is 2. The second kappa shape index (κ2) is 8.86. The van der Waals surface area contributed by atoms with Crippen LogP contribution in [0.25, 0.3) is 0 Å². The molecule has 8 heteroatoms. The van der Waals surface area contributed by atoms with Gasteiger partial charge in [-0.3, -0.25) is 9.59 Å². The van der Waals surface area contributed by atoms with Crippen molar-refractivity contribution in [3.63, 3.8) is 0 Å². The number of carbonyl (C=O) groups is 2. The first-order chi connectivity index (χ1) is 12.0. The Morgan fingerprint density at radius 1 is 1.31 bits per heavy atom. The van der Waals surface area contributed by atoms with Crippen molar-refractivity contribution in [2.24, 2.45) is 0 Å². The summed E-state index contributed by atoms with van der Waals surface area (Å²) in [5, 5.41) is 8.39. The van der Waals surface area contributed by atoms with Crippen LogP contribution in [0, 0.1) is 0 Å². The molecule has 140 valence electrons. The molecule has 2 N–H and O–H groups in total. The maximum absolute atomic E-state index is 12.9. The Hall–Kier alpha value is -1.60. The van der Waals surface area contributed by atoms with E-state index in [2.05, 4.69) is 17.6 Å². The average Bonchev–Trinajstić information content (AvgIpc) is 3.13. The first-order valence-corrected chi connectivity index (χ1v) is 9.42. The van der Waals surface area contributed by atoms with E-state index in [0.29, 0.717) is 27.7 Å². The van der Waals surface area contributed by atoms with Crippen molar-refractivity contribution < 1.29 is 9.59 Å². The molecule has 1 aromatic carbocycles. The molecule has 0 radical (unpaired) electrons. The van der Waals surface area contributed by atoms with Gasteiger partial charge in [-0.05, 0) is 43.5 Å².